The number of nitrogens with zero attached hydrogens (tertiary/aromatic N) is 2. The van der Waals surface area contributed by atoms with E-state index < -0.39 is 23.8 Å². The van der Waals surface area contributed by atoms with Crippen LogP contribution in [0, 0.1) is 5.82 Å². The Morgan fingerprint density at radius 2 is 1.74 bits per heavy atom. The van der Waals surface area contributed by atoms with Crippen molar-refractivity contribution in [2.45, 2.75) is 18.6 Å². The molecule has 1 saturated heterocycles. The number of methoxy groups -OCH3 is 1. The van der Waals surface area contributed by atoms with Gasteiger partial charge in [-0.2, -0.15) is 0 Å². The number of ether oxygens (including phenoxy) is 1. The fourth-order valence-electron chi connectivity index (χ4n) is 3.80. The van der Waals surface area contributed by atoms with Gasteiger partial charge < -0.3 is 20.3 Å². The van der Waals surface area contributed by atoms with Crippen LogP contribution in [-0.4, -0.2) is 47.2 Å². The molecule has 0 spiro atoms. The van der Waals surface area contributed by atoms with E-state index in [1.807, 2.05) is 0 Å². The molecule has 8 nitrogen and oxygen atoms in total. The Hall–Kier alpha value is -3.40. The van der Waals surface area contributed by atoms with E-state index in [9.17, 15) is 18.8 Å². The first-order valence-electron chi connectivity index (χ1n) is 10.6. The maximum Gasteiger partial charge on any atom is 0.322 e. The normalized spacial score (nSPS) is 17.3. The molecule has 0 unspecified atom stereocenters. The Labute approximate surface area is 210 Å². The SMILES string of the molecule is CO[C@@H]1C[C@H](C(=O)Nc2ccc(-n3cc(Cl)ccc3=O)cc2F)N(C(=O)Nc2ccc(Cl)cc2)C1. The number of urea groups is 1. The van der Waals surface area contributed by atoms with Gasteiger partial charge in [-0.15, -0.1) is 0 Å². The molecule has 1 fully saturated rings. The van der Waals surface area contributed by atoms with E-state index in [1.165, 1.54) is 47.0 Å². The quantitative estimate of drug-likeness (QED) is 0.518. The molecule has 2 N–H and O–H groups in total. The van der Waals surface area contributed by atoms with Crippen molar-refractivity contribution in [2.75, 3.05) is 24.3 Å². The number of carbonyl (C=O) groups excluding carboxylic acids is 2. The second-order valence-corrected chi connectivity index (χ2v) is 8.78. The van der Waals surface area contributed by atoms with Crippen molar-refractivity contribution in [2.24, 2.45) is 0 Å². The number of hydrogen-bond acceptors (Lipinski definition) is 4. The third-order valence-electron chi connectivity index (χ3n) is 5.62. The van der Waals surface area contributed by atoms with Gasteiger partial charge in [-0.05, 0) is 42.5 Å². The number of nitrogens with one attached hydrogen (secondary N) is 2. The number of likely N-dealkylation sites (tertiary alicyclic amines) is 1. The molecule has 35 heavy (non-hydrogen) atoms. The Morgan fingerprint density at radius 1 is 1.03 bits per heavy atom. The molecule has 2 atom stereocenters. The average molecular weight is 519 g/mol. The molecule has 182 valence electrons. The van der Waals surface area contributed by atoms with Crippen LogP contribution in [0.1, 0.15) is 6.42 Å². The summed E-state index contributed by atoms with van der Waals surface area (Å²) in [5.41, 5.74) is 0.284. The highest BCUT2D eigenvalue weighted by molar-refractivity contribution is 6.30. The topological polar surface area (TPSA) is 92.7 Å². The zero-order valence-corrected chi connectivity index (χ0v) is 20.0. The minimum atomic E-state index is -0.887. The summed E-state index contributed by atoms with van der Waals surface area (Å²) in [6.07, 6.45) is 1.26. The molecule has 11 heteroatoms. The van der Waals surface area contributed by atoms with Gasteiger partial charge >= 0.3 is 6.03 Å². The monoisotopic (exact) mass is 518 g/mol. The Bertz CT molecular complexity index is 1320. The number of anilines is 2. The molecule has 0 saturated carbocycles. The van der Waals surface area contributed by atoms with Crippen LogP contribution in [-0.2, 0) is 9.53 Å². The lowest BCUT2D eigenvalue weighted by molar-refractivity contribution is -0.119. The Balaban J connectivity index is 1.51. The van der Waals surface area contributed by atoms with Crippen molar-refractivity contribution in [1.29, 1.82) is 0 Å². The number of benzene rings is 2. The maximum atomic E-state index is 14.8. The molecule has 0 aliphatic carbocycles. The zero-order chi connectivity index (χ0) is 25.1. The average Bonchev–Trinajstić information content (AvgIpc) is 3.28. The minimum absolute atomic E-state index is 0.0900. The maximum absolute atomic E-state index is 14.8. The molecular weight excluding hydrogens is 498 g/mol. The third kappa shape index (κ3) is 5.64. The van der Waals surface area contributed by atoms with E-state index in [0.717, 1.165) is 6.07 Å². The fourth-order valence-corrected chi connectivity index (χ4v) is 4.09. The van der Waals surface area contributed by atoms with Gasteiger partial charge in [-0.25, -0.2) is 9.18 Å². The standard InChI is InChI=1S/C24H21Cl2FN4O4/c1-35-18-11-21(31(13-18)24(34)28-16-5-2-14(25)3-6-16)23(33)29-20-8-7-17(10-19(20)27)30-12-15(26)4-9-22(30)32/h2-10,12,18,21H,11,13H2,1H3,(H,28,34)(H,29,33)/t18-,21-/m1/s1. The van der Waals surface area contributed by atoms with Gasteiger partial charge in [0.25, 0.3) is 5.56 Å². The smallest absolute Gasteiger partial charge is 0.322 e. The molecule has 3 aromatic rings. The summed E-state index contributed by atoms with van der Waals surface area (Å²) in [6, 6.07) is 11.8. The molecule has 1 aliphatic heterocycles. The zero-order valence-electron chi connectivity index (χ0n) is 18.5. The first kappa shape index (κ1) is 24.7. The number of aromatic nitrogens is 1. The molecule has 1 aromatic heterocycles. The summed E-state index contributed by atoms with van der Waals surface area (Å²) in [7, 11) is 1.50. The number of halogens is 3. The number of pyridine rings is 1. The van der Waals surface area contributed by atoms with Crippen molar-refractivity contribution < 1.29 is 18.7 Å². The van der Waals surface area contributed by atoms with E-state index >= 15 is 0 Å². The van der Waals surface area contributed by atoms with Gasteiger partial charge in [0.05, 0.1) is 22.5 Å². The van der Waals surface area contributed by atoms with Gasteiger partial charge in [0.15, 0.2) is 0 Å². The first-order chi connectivity index (χ1) is 16.7. The molecule has 2 heterocycles. The second-order valence-electron chi connectivity index (χ2n) is 7.91. The largest absolute Gasteiger partial charge is 0.380 e. The lowest BCUT2D eigenvalue weighted by atomic mass is 10.1. The summed E-state index contributed by atoms with van der Waals surface area (Å²) in [4.78, 5) is 39.4. The van der Waals surface area contributed by atoms with Gasteiger partial charge in [0, 0.05) is 49.1 Å². The molecule has 3 amide bonds. The van der Waals surface area contributed by atoms with Crippen molar-refractivity contribution >= 4 is 46.5 Å². The van der Waals surface area contributed by atoms with Gasteiger partial charge in [0.1, 0.15) is 11.9 Å². The minimum Gasteiger partial charge on any atom is -0.380 e. The van der Waals surface area contributed by atoms with Crippen LogP contribution in [0.4, 0.5) is 20.6 Å². The van der Waals surface area contributed by atoms with Gasteiger partial charge in [-0.3, -0.25) is 14.2 Å². The third-order valence-corrected chi connectivity index (χ3v) is 6.09. The molecule has 0 bridgehead atoms. The summed E-state index contributed by atoms with van der Waals surface area (Å²) < 4.78 is 21.4. The van der Waals surface area contributed by atoms with Crippen LogP contribution < -0.4 is 16.2 Å². The van der Waals surface area contributed by atoms with Gasteiger partial charge in [0.2, 0.25) is 5.91 Å². The number of hydrogen-bond donors (Lipinski definition) is 2. The summed E-state index contributed by atoms with van der Waals surface area (Å²) >= 11 is 11.8. The molecule has 0 radical (unpaired) electrons. The summed E-state index contributed by atoms with van der Waals surface area (Å²) in [5, 5.41) is 6.10. The van der Waals surface area contributed by atoms with Crippen molar-refractivity contribution in [1.82, 2.24) is 9.47 Å². The van der Waals surface area contributed by atoms with Crippen LogP contribution in [0.15, 0.2) is 65.6 Å². The second kappa shape index (κ2) is 10.5. The molecule has 4 rings (SSSR count). The number of amides is 3. The highest BCUT2D eigenvalue weighted by Gasteiger charge is 2.40. The highest BCUT2D eigenvalue weighted by atomic mass is 35.5. The van der Waals surface area contributed by atoms with E-state index in [2.05, 4.69) is 10.6 Å². The van der Waals surface area contributed by atoms with Crippen LogP contribution in [0.5, 0.6) is 0 Å². The van der Waals surface area contributed by atoms with E-state index in [4.69, 9.17) is 27.9 Å². The summed E-state index contributed by atoms with van der Waals surface area (Å²) in [6.45, 7) is 0.188. The van der Waals surface area contributed by atoms with Crippen molar-refractivity contribution in [3.05, 3.63) is 87.0 Å². The van der Waals surface area contributed by atoms with E-state index in [-0.39, 0.29) is 36.0 Å². The molecular formula is C24H21Cl2FN4O4. The fraction of sp³-hybridized carbons (Fsp3) is 0.208. The number of carbonyl (C=O) groups is 2. The first-order valence-corrected chi connectivity index (χ1v) is 11.4. The van der Waals surface area contributed by atoms with Crippen molar-refractivity contribution in [3.8, 4) is 5.69 Å². The highest BCUT2D eigenvalue weighted by Crippen LogP contribution is 2.25. The number of rotatable bonds is 5. The van der Waals surface area contributed by atoms with E-state index in [0.29, 0.717) is 15.7 Å². The van der Waals surface area contributed by atoms with Crippen LogP contribution in [0.2, 0.25) is 10.0 Å². The molecule has 2 aromatic carbocycles. The summed E-state index contributed by atoms with van der Waals surface area (Å²) in [5.74, 6) is -1.32. The van der Waals surface area contributed by atoms with Crippen LogP contribution in [0.25, 0.3) is 5.69 Å². The van der Waals surface area contributed by atoms with Gasteiger partial charge in [-0.1, -0.05) is 23.2 Å². The lowest BCUT2D eigenvalue weighted by Gasteiger charge is -2.24. The van der Waals surface area contributed by atoms with Crippen molar-refractivity contribution in [3.63, 3.8) is 0 Å². The predicted octanol–water partition coefficient (Wildman–Crippen LogP) is 4.54. The Morgan fingerprint density at radius 3 is 2.43 bits per heavy atom. The lowest BCUT2D eigenvalue weighted by Crippen LogP contribution is -2.45. The van der Waals surface area contributed by atoms with E-state index in [1.54, 1.807) is 24.3 Å². The predicted molar refractivity (Wildman–Crippen MR) is 132 cm³/mol. The Kier molecular flexibility index (Phi) is 7.39. The van der Waals surface area contributed by atoms with Crippen LogP contribution >= 0.6 is 23.2 Å². The van der Waals surface area contributed by atoms with Crippen LogP contribution in [0.3, 0.4) is 0 Å². The molecule has 1 aliphatic rings.